The summed E-state index contributed by atoms with van der Waals surface area (Å²) >= 11 is 11.9. The maximum absolute atomic E-state index is 12.2. The molecular weight excluding hydrogens is 287 g/mol. The summed E-state index contributed by atoms with van der Waals surface area (Å²) in [6.45, 7) is 3.21. The van der Waals surface area contributed by atoms with Gasteiger partial charge in [-0.1, -0.05) is 23.2 Å². The number of benzene rings is 1. The second-order valence-corrected chi connectivity index (χ2v) is 5.84. The van der Waals surface area contributed by atoms with Gasteiger partial charge in [-0.25, -0.2) is 0 Å². The number of hydrogen-bond donors (Lipinski definition) is 2. The Labute approximate surface area is 122 Å². The Balaban J connectivity index is 2.16. The van der Waals surface area contributed by atoms with Gasteiger partial charge in [-0.05, 0) is 31.9 Å². The molecule has 1 fully saturated rings. The monoisotopic (exact) mass is 302 g/mol. The molecule has 0 aromatic heterocycles. The van der Waals surface area contributed by atoms with E-state index >= 15 is 0 Å². The average Bonchev–Trinajstić information content (AvgIpc) is 2.35. The number of carbonyl (C=O) groups excluding carboxylic acids is 1. The van der Waals surface area contributed by atoms with Crippen LogP contribution in [0.25, 0.3) is 0 Å². The topological polar surface area (TPSA) is 64.4 Å². The fourth-order valence-electron chi connectivity index (χ4n) is 2.09. The van der Waals surface area contributed by atoms with Gasteiger partial charge in [0.15, 0.2) is 0 Å². The summed E-state index contributed by atoms with van der Waals surface area (Å²) < 4.78 is 5.40. The first kappa shape index (κ1) is 14.4. The van der Waals surface area contributed by atoms with E-state index in [0.29, 0.717) is 12.2 Å². The number of nitrogens with two attached hydrogens (primary N) is 1. The minimum absolute atomic E-state index is 0.225. The molecule has 1 aromatic carbocycles. The van der Waals surface area contributed by atoms with Crippen LogP contribution in [-0.2, 0) is 4.74 Å². The third-order valence-corrected chi connectivity index (χ3v) is 3.82. The van der Waals surface area contributed by atoms with Crippen LogP contribution in [0.3, 0.4) is 0 Å². The Morgan fingerprint density at radius 1 is 1.42 bits per heavy atom. The zero-order valence-corrected chi connectivity index (χ0v) is 12.1. The van der Waals surface area contributed by atoms with E-state index in [1.54, 1.807) is 0 Å². The fraction of sp³-hybridized carbons (Fsp3) is 0.462. The summed E-state index contributed by atoms with van der Waals surface area (Å²) in [7, 11) is 0. The van der Waals surface area contributed by atoms with Gasteiger partial charge in [0, 0.05) is 12.2 Å². The number of hydrogen-bond acceptors (Lipinski definition) is 3. The highest BCUT2D eigenvalue weighted by molar-refractivity contribution is 6.39. The summed E-state index contributed by atoms with van der Waals surface area (Å²) in [5.41, 5.74) is 5.98. The van der Waals surface area contributed by atoms with Crippen molar-refractivity contribution in [2.24, 2.45) is 0 Å². The summed E-state index contributed by atoms with van der Waals surface area (Å²) in [5.74, 6) is -0.225. The molecule has 6 heteroatoms. The molecule has 1 amide bonds. The number of halogens is 2. The molecule has 19 heavy (non-hydrogen) atoms. The molecule has 104 valence electrons. The lowest BCUT2D eigenvalue weighted by Crippen LogP contribution is -2.51. The Bertz CT molecular complexity index is 476. The van der Waals surface area contributed by atoms with Crippen LogP contribution in [0.5, 0.6) is 0 Å². The molecule has 4 nitrogen and oxygen atoms in total. The van der Waals surface area contributed by atoms with Gasteiger partial charge in [0.2, 0.25) is 0 Å². The van der Waals surface area contributed by atoms with Crippen LogP contribution in [0.1, 0.15) is 30.1 Å². The van der Waals surface area contributed by atoms with Crippen molar-refractivity contribution in [1.29, 1.82) is 0 Å². The molecule has 1 aliphatic rings. The van der Waals surface area contributed by atoms with Crippen molar-refractivity contribution in [2.45, 2.75) is 25.3 Å². The summed E-state index contributed by atoms with van der Waals surface area (Å²) in [5, 5.41) is 3.52. The predicted octanol–water partition coefficient (Wildman–Crippen LogP) is 2.87. The highest BCUT2D eigenvalue weighted by Gasteiger charge is 2.29. The van der Waals surface area contributed by atoms with Crippen molar-refractivity contribution in [3.63, 3.8) is 0 Å². The average molecular weight is 303 g/mol. The minimum atomic E-state index is -0.352. The van der Waals surface area contributed by atoms with Crippen molar-refractivity contribution in [3.05, 3.63) is 27.7 Å². The lowest BCUT2D eigenvalue weighted by atomic mass is 9.94. The van der Waals surface area contributed by atoms with Gasteiger partial charge in [0.05, 0.1) is 27.9 Å². The Morgan fingerprint density at radius 2 is 2.05 bits per heavy atom. The van der Waals surface area contributed by atoms with Crippen molar-refractivity contribution in [3.8, 4) is 0 Å². The SMILES string of the molecule is CC1(NC(=O)c2cc(Cl)c(N)c(Cl)c2)CCCOC1. The zero-order chi connectivity index (χ0) is 14.0. The quantitative estimate of drug-likeness (QED) is 0.826. The molecule has 1 aliphatic heterocycles. The van der Waals surface area contributed by atoms with Crippen LogP contribution in [-0.4, -0.2) is 24.7 Å². The van der Waals surface area contributed by atoms with Gasteiger partial charge in [-0.3, -0.25) is 4.79 Å². The fourth-order valence-corrected chi connectivity index (χ4v) is 2.58. The lowest BCUT2D eigenvalue weighted by Gasteiger charge is -2.34. The number of nitrogen functional groups attached to an aromatic ring is 1. The van der Waals surface area contributed by atoms with E-state index in [9.17, 15) is 4.79 Å². The predicted molar refractivity (Wildman–Crippen MR) is 76.8 cm³/mol. The van der Waals surface area contributed by atoms with Crippen LogP contribution in [0, 0.1) is 0 Å². The maximum Gasteiger partial charge on any atom is 0.251 e. The molecule has 0 saturated carbocycles. The summed E-state index contributed by atoms with van der Waals surface area (Å²) in [4.78, 5) is 12.2. The highest BCUT2D eigenvalue weighted by Crippen LogP contribution is 2.29. The molecule has 1 saturated heterocycles. The third-order valence-electron chi connectivity index (χ3n) is 3.19. The number of ether oxygens (including phenoxy) is 1. The first-order valence-corrected chi connectivity index (χ1v) is 6.82. The number of rotatable bonds is 2. The highest BCUT2D eigenvalue weighted by atomic mass is 35.5. The van der Waals surface area contributed by atoms with E-state index in [4.69, 9.17) is 33.7 Å². The molecule has 1 aromatic rings. The van der Waals surface area contributed by atoms with Crippen LogP contribution in [0.15, 0.2) is 12.1 Å². The van der Waals surface area contributed by atoms with Gasteiger partial charge < -0.3 is 15.8 Å². The Hall–Kier alpha value is -0.970. The Morgan fingerprint density at radius 3 is 2.58 bits per heavy atom. The smallest absolute Gasteiger partial charge is 0.251 e. The van der Waals surface area contributed by atoms with Gasteiger partial charge in [0.1, 0.15) is 0 Å². The first-order chi connectivity index (χ1) is 8.91. The third kappa shape index (κ3) is 3.32. The molecule has 0 bridgehead atoms. The number of nitrogens with one attached hydrogen (secondary N) is 1. The number of amides is 1. The second kappa shape index (κ2) is 5.57. The minimum Gasteiger partial charge on any atom is -0.396 e. The molecule has 1 heterocycles. The molecule has 1 atom stereocenters. The lowest BCUT2D eigenvalue weighted by molar-refractivity contribution is 0.0272. The van der Waals surface area contributed by atoms with Crippen LogP contribution in [0.4, 0.5) is 5.69 Å². The van der Waals surface area contributed by atoms with Crippen molar-refractivity contribution in [1.82, 2.24) is 5.32 Å². The van der Waals surface area contributed by atoms with E-state index < -0.39 is 0 Å². The van der Waals surface area contributed by atoms with Crippen LogP contribution in [0.2, 0.25) is 10.0 Å². The molecule has 2 rings (SSSR count). The van der Waals surface area contributed by atoms with Crippen molar-refractivity contribution in [2.75, 3.05) is 18.9 Å². The molecule has 0 radical (unpaired) electrons. The van der Waals surface area contributed by atoms with Gasteiger partial charge >= 0.3 is 0 Å². The first-order valence-electron chi connectivity index (χ1n) is 6.06. The standard InChI is InChI=1S/C13H16Cl2N2O2/c1-13(3-2-4-19-7-13)17-12(18)8-5-9(14)11(16)10(15)6-8/h5-6H,2-4,7,16H2,1H3,(H,17,18). The van der Waals surface area contributed by atoms with Crippen LogP contribution >= 0.6 is 23.2 Å². The van der Waals surface area contributed by atoms with Crippen molar-refractivity contribution >= 4 is 34.8 Å². The van der Waals surface area contributed by atoms with E-state index in [1.165, 1.54) is 12.1 Å². The molecule has 0 spiro atoms. The van der Waals surface area contributed by atoms with E-state index in [0.717, 1.165) is 19.4 Å². The zero-order valence-electron chi connectivity index (χ0n) is 10.6. The number of carbonyl (C=O) groups is 1. The molecule has 0 aliphatic carbocycles. The van der Waals surface area contributed by atoms with Gasteiger partial charge in [0.25, 0.3) is 5.91 Å². The van der Waals surface area contributed by atoms with Gasteiger partial charge in [-0.2, -0.15) is 0 Å². The Kier molecular flexibility index (Phi) is 4.23. The van der Waals surface area contributed by atoms with E-state index in [1.807, 2.05) is 6.92 Å². The van der Waals surface area contributed by atoms with E-state index in [-0.39, 0.29) is 27.2 Å². The molecular formula is C13H16Cl2N2O2. The van der Waals surface area contributed by atoms with Crippen molar-refractivity contribution < 1.29 is 9.53 Å². The largest absolute Gasteiger partial charge is 0.396 e. The number of anilines is 1. The summed E-state index contributed by atoms with van der Waals surface area (Å²) in [6, 6.07) is 3.04. The normalized spacial score (nSPS) is 23.1. The van der Waals surface area contributed by atoms with E-state index in [2.05, 4.69) is 5.32 Å². The molecule has 1 unspecified atom stereocenters. The van der Waals surface area contributed by atoms with Crippen LogP contribution < -0.4 is 11.1 Å². The molecule has 3 N–H and O–H groups in total. The summed E-state index contributed by atoms with van der Waals surface area (Å²) in [6.07, 6.45) is 1.81. The second-order valence-electron chi connectivity index (χ2n) is 5.02. The van der Waals surface area contributed by atoms with Gasteiger partial charge in [-0.15, -0.1) is 0 Å². The maximum atomic E-state index is 12.2.